The van der Waals surface area contributed by atoms with E-state index in [1.165, 1.54) is 11.8 Å². The highest BCUT2D eigenvalue weighted by molar-refractivity contribution is 8.15. The van der Waals surface area contributed by atoms with Gasteiger partial charge < -0.3 is 15.4 Å². The first-order valence-corrected chi connectivity index (χ1v) is 9.57. The smallest absolute Gasteiger partial charge is 0.240 e. The molecule has 1 fully saturated rings. The van der Waals surface area contributed by atoms with Gasteiger partial charge in [-0.05, 0) is 48.0 Å². The third kappa shape index (κ3) is 5.58. The largest absolute Gasteiger partial charge is 0.497 e. The number of amides is 2. The minimum atomic E-state index is -0.561. The summed E-state index contributed by atoms with van der Waals surface area (Å²) in [7, 11) is 1.60. The highest BCUT2D eigenvalue weighted by Crippen LogP contribution is 2.23. The monoisotopic (exact) mass is 416 g/mol. The van der Waals surface area contributed by atoms with Gasteiger partial charge in [-0.15, -0.1) is 5.10 Å². The fourth-order valence-corrected chi connectivity index (χ4v) is 3.49. The van der Waals surface area contributed by atoms with Crippen LogP contribution in [0.1, 0.15) is 12.0 Å². The van der Waals surface area contributed by atoms with Crippen molar-refractivity contribution in [2.24, 2.45) is 10.2 Å². The summed E-state index contributed by atoms with van der Waals surface area (Å²) in [5.74, 6) is 0.198. The van der Waals surface area contributed by atoms with E-state index in [9.17, 15) is 9.59 Å². The summed E-state index contributed by atoms with van der Waals surface area (Å²) in [6, 6.07) is 14.1. The highest BCUT2D eigenvalue weighted by Gasteiger charge is 2.32. The zero-order valence-electron chi connectivity index (χ0n) is 14.9. The first-order chi connectivity index (χ1) is 13.5. The average molecular weight is 417 g/mol. The van der Waals surface area contributed by atoms with Crippen molar-refractivity contribution >= 4 is 52.2 Å². The van der Waals surface area contributed by atoms with Gasteiger partial charge in [-0.3, -0.25) is 9.59 Å². The van der Waals surface area contributed by atoms with Crippen molar-refractivity contribution in [2.75, 3.05) is 12.4 Å². The number of hydrogen-bond donors (Lipinski definition) is 2. The van der Waals surface area contributed by atoms with E-state index >= 15 is 0 Å². The lowest BCUT2D eigenvalue weighted by atomic mass is 10.2. The number of halogens is 1. The summed E-state index contributed by atoms with van der Waals surface area (Å²) in [6.07, 6.45) is 1.59. The van der Waals surface area contributed by atoms with Crippen molar-refractivity contribution < 1.29 is 14.3 Å². The summed E-state index contributed by atoms with van der Waals surface area (Å²) in [5, 5.41) is 13.6. The number of rotatable bonds is 6. The molecular formula is C19H17ClN4O3S. The SMILES string of the molecule is COc1ccc(/C=N/N=C2\NC(=O)C(CC(=O)Nc3cccc(Cl)c3)S2)cc1. The Labute approximate surface area is 171 Å². The van der Waals surface area contributed by atoms with Crippen LogP contribution in [0.5, 0.6) is 5.75 Å². The van der Waals surface area contributed by atoms with Crippen molar-refractivity contribution in [2.45, 2.75) is 11.7 Å². The lowest BCUT2D eigenvalue weighted by molar-refractivity contribution is -0.122. The molecule has 1 heterocycles. The lowest BCUT2D eigenvalue weighted by Crippen LogP contribution is -2.28. The number of hydrogen-bond acceptors (Lipinski definition) is 6. The Morgan fingerprint density at radius 3 is 2.82 bits per heavy atom. The average Bonchev–Trinajstić information content (AvgIpc) is 3.01. The Kier molecular flexibility index (Phi) is 6.67. The Balaban J connectivity index is 1.54. The van der Waals surface area contributed by atoms with E-state index in [4.69, 9.17) is 16.3 Å². The minimum Gasteiger partial charge on any atom is -0.497 e. The highest BCUT2D eigenvalue weighted by atomic mass is 35.5. The molecule has 1 atom stereocenters. The van der Waals surface area contributed by atoms with E-state index in [0.29, 0.717) is 15.9 Å². The van der Waals surface area contributed by atoms with E-state index in [1.807, 2.05) is 24.3 Å². The van der Waals surface area contributed by atoms with E-state index in [0.717, 1.165) is 11.3 Å². The summed E-state index contributed by atoms with van der Waals surface area (Å²) in [6.45, 7) is 0. The molecular weight excluding hydrogens is 400 g/mol. The Morgan fingerprint density at radius 2 is 2.11 bits per heavy atom. The van der Waals surface area contributed by atoms with Crippen molar-refractivity contribution in [1.29, 1.82) is 0 Å². The maximum Gasteiger partial charge on any atom is 0.240 e. The standard InChI is InChI=1S/C19H17ClN4O3S/c1-27-15-7-5-12(6-8-15)11-21-24-19-23-18(26)16(28-19)10-17(25)22-14-4-2-3-13(20)9-14/h2-9,11,16H,10H2,1H3,(H,22,25)(H,23,24,26)/b21-11+. The van der Waals surface area contributed by atoms with E-state index < -0.39 is 5.25 Å². The Morgan fingerprint density at radius 1 is 1.32 bits per heavy atom. The van der Waals surface area contributed by atoms with Crippen LogP contribution in [-0.2, 0) is 9.59 Å². The van der Waals surface area contributed by atoms with E-state index in [-0.39, 0.29) is 18.2 Å². The van der Waals surface area contributed by atoms with Crippen LogP contribution in [0.15, 0.2) is 58.7 Å². The van der Waals surface area contributed by atoms with Gasteiger partial charge in [-0.1, -0.05) is 29.4 Å². The number of carbonyl (C=O) groups is 2. The van der Waals surface area contributed by atoms with E-state index in [1.54, 1.807) is 37.6 Å². The molecule has 0 spiro atoms. The molecule has 0 aromatic heterocycles. The maximum atomic E-state index is 12.2. The third-order valence-corrected chi connectivity index (χ3v) is 5.03. The molecule has 0 aliphatic carbocycles. The van der Waals surface area contributed by atoms with Gasteiger partial charge in [0.2, 0.25) is 11.8 Å². The van der Waals surface area contributed by atoms with Crippen LogP contribution in [-0.4, -0.2) is 35.6 Å². The number of amidine groups is 1. The van der Waals surface area contributed by atoms with Gasteiger partial charge in [0.15, 0.2) is 5.17 Å². The van der Waals surface area contributed by atoms with Crippen LogP contribution in [0, 0.1) is 0 Å². The molecule has 3 rings (SSSR count). The molecule has 2 aromatic rings. The number of thioether (sulfide) groups is 1. The first-order valence-electron chi connectivity index (χ1n) is 8.31. The third-order valence-electron chi connectivity index (χ3n) is 3.73. The topological polar surface area (TPSA) is 92.2 Å². The quantitative estimate of drug-likeness (QED) is 0.558. The fourth-order valence-electron chi connectivity index (χ4n) is 2.37. The number of anilines is 1. The zero-order chi connectivity index (χ0) is 19.9. The number of nitrogens with zero attached hydrogens (tertiary/aromatic N) is 2. The molecule has 1 saturated heterocycles. The molecule has 2 amide bonds. The van der Waals surface area contributed by atoms with Gasteiger partial charge in [0.05, 0.1) is 13.3 Å². The number of nitrogens with one attached hydrogen (secondary N) is 2. The summed E-state index contributed by atoms with van der Waals surface area (Å²) >= 11 is 7.06. The molecule has 1 aliphatic heterocycles. The summed E-state index contributed by atoms with van der Waals surface area (Å²) < 4.78 is 5.09. The zero-order valence-corrected chi connectivity index (χ0v) is 16.5. The predicted octanol–water partition coefficient (Wildman–Crippen LogP) is 3.30. The molecule has 1 aliphatic rings. The van der Waals surface area contributed by atoms with Crippen molar-refractivity contribution in [3.8, 4) is 5.75 Å². The van der Waals surface area contributed by atoms with E-state index in [2.05, 4.69) is 20.8 Å². The van der Waals surface area contributed by atoms with Gasteiger partial charge in [0.1, 0.15) is 11.0 Å². The van der Waals surface area contributed by atoms with Crippen LogP contribution in [0.25, 0.3) is 0 Å². The van der Waals surface area contributed by atoms with Crippen molar-refractivity contribution in [3.05, 3.63) is 59.1 Å². The molecule has 9 heteroatoms. The van der Waals surface area contributed by atoms with Gasteiger partial charge in [0, 0.05) is 17.1 Å². The molecule has 2 aromatic carbocycles. The molecule has 144 valence electrons. The number of benzene rings is 2. The van der Waals surface area contributed by atoms with Crippen LogP contribution >= 0.6 is 23.4 Å². The number of carbonyl (C=O) groups excluding carboxylic acids is 2. The molecule has 0 bridgehead atoms. The molecule has 28 heavy (non-hydrogen) atoms. The molecule has 1 unspecified atom stereocenters. The van der Waals surface area contributed by atoms with Crippen LogP contribution in [0.2, 0.25) is 5.02 Å². The van der Waals surface area contributed by atoms with Gasteiger partial charge in [0.25, 0.3) is 0 Å². The number of ether oxygens (including phenoxy) is 1. The van der Waals surface area contributed by atoms with Gasteiger partial charge in [-0.2, -0.15) is 5.10 Å². The summed E-state index contributed by atoms with van der Waals surface area (Å²) in [4.78, 5) is 24.2. The first kappa shape index (κ1) is 19.9. The fraction of sp³-hybridized carbons (Fsp3) is 0.158. The van der Waals surface area contributed by atoms with Gasteiger partial charge in [-0.25, -0.2) is 0 Å². The second-order valence-corrected chi connectivity index (χ2v) is 7.41. The second-order valence-electron chi connectivity index (χ2n) is 5.78. The number of methoxy groups -OCH3 is 1. The predicted molar refractivity (Wildman–Crippen MR) is 112 cm³/mol. The Bertz CT molecular complexity index is 931. The normalized spacial score (nSPS) is 17.7. The molecule has 0 saturated carbocycles. The van der Waals surface area contributed by atoms with Crippen molar-refractivity contribution in [3.63, 3.8) is 0 Å². The summed E-state index contributed by atoms with van der Waals surface area (Å²) in [5.41, 5.74) is 1.43. The Hall–Kier alpha value is -2.84. The maximum absolute atomic E-state index is 12.2. The van der Waals surface area contributed by atoms with Crippen LogP contribution in [0.3, 0.4) is 0 Å². The van der Waals surface area contributed by atoms with Crippen LogP contribution < -0.4 is 15.4 Å². The van der Waals surface area contributed by atoms with Crippen molar-refractivity contribution in [1.82, 2.24) is 5.32 Å². The van der Waals surface area contributed by atoms with Gasteiger partial charge >= 0.3 is 0 Å². The lowest BCUT2D eigenvalue weighted by Gasteiger charge is -2.07. The molecule has 0 radical (unpaired) electrons. The minimum absolute atomic E-state index is 0.0181. The second kappa shape index (κ2) is 9.38. The van der Waals surface area contributed by atoms with Crippen LogP contribution in [0.4, 0.5) is 5.69 Å². The molecule has 7 nitrogen and oxygen atoms in total. The molecule has 2 N–H and O–H groups in total.